The van der Waals surface area contributed by atoms with Gasteiger partial charge in [0.05, 0.1) is 19.3 Å². The average Bonchev–Trinajstić information content (AvgIpc) is 2.88. The summed E-state index contributed by atoms with van der Waals surface area (Å²) in [6, 6.07) is 27.5. The lowest BCUT2D eigenvalue weighted by Crippen LogP contribution is -2.54. The first kappa shape index (κ1) is 25.6. The molecule has 0 radical (unpaired) electrons. The van der Waals surface area contributed by atoms with Crippen molar-refractivity contribution in [2.45, 2.75) is 36.9 Å². The Hall–Kier alpha value is -3.07. The van der Waals surface area contributed by atoms with E-state index in [9.17, 15) is 25.2 Å². The van der Waals surface area contributed by atoms with Crippen molar-refractivity contribution in [2.24, 2.45) is 0 Å². The number of hydrogen-bond acceptors (Lipinski definition) is 6. The molecule has 0 bridgehead atoms. The van der Waals surface area contributed by atoms with Gasteiger partial charge in [-0.1, -0.05) is 91.0 Å². The molecule has 7 heteroatoms. The van der Waals surface area contributed by atoms with Gasteiger partial charge in [-0.15, -0.1) is 0 Å². The van der Waals surface area contributed by atoms with E-state index in [0.29, 0.717) is 0 Å². The van der Waals surface area contributed by atoms with Crippen LogP contribution in [0.2, 0.25) is 0 Å². The molecule has 34 heavy (non-hydrogen) atoms. The van der Waals surface area contributed by atoms with Gasteiger partial charge in [-0.2, -0.15) is 0 Å². The van der Waals surface area contributed by atoms with Crippen molar-refractivity contribution in [2.75, 3.05) is 13.2 Å². The van der Waals surface area contributed by atoms with E-state index in [-0.39, 0.29) is 6.61 Å². The highest BCUT2D eigenvalue weighted by Crippen LogP contribution is 2.40. The first-order valence-electron chi connectivity index (χ1n) is 11.1. The molecule has 2 unspecified atom stereocenters. The summed E-state index contributed by atoms with van der Waals surface area (Å²) in [5.74, 6) is -0.479. The molecular formula is C27H31NO6. The van der Waals surface area contributed by atoms with Gasteiger partial charge in [0.1, 0.15) is 23.9 Å². The van der Waals surface area contributed by atoms with E-state index in [0.717, 1.165) is 16.7 Å². The zero-order chi connectivity index (χ0) is 24.6. The van der Waals surface area contributed by atoms with Gasteiger partial charge in [0.15, 0.2) is 0 Å². The Morgan fingerprint density at radius 2 is 1.21 bits per heavy atom. The number of nitrogens with one attached hydrogen (secondary N) is 1. The highest BCUT2D eigenvalue weighted by atomic mass is 16.5. The summed E-state index contributed by atoms with van der Waals surface area (Å²) in [4.78, 5) is 11.3. The lowest BCUT2D eigenvalue weighted by atomic mass is 9.80. The molecule has 0 aliphatic rings. The number of carbonyl (C=O) groups excluding carboxylic acids is 1. The largest absolute Gasteiger partial charge is 0.394 e. The Morgan fingerprint density at radius 1 is 0.794 bits per heavy atom. The maximum Gasteiger partial charge on any atom is 0.217 e. The third kappa shape index (κ3) is 5.70. The van der Waals surface area contributed by atoms with E-state index < -0.39 is 42.5 Å². The molecular weight excluding hydrogens is 434 g/mol. The normalized spacial score (nSPS) is 15.2. The Balaban J connectivity index is 1.96. The quantitative estimate of drug-likeness (QED) is 0.274. The average molecular weight is 466 g/mol. The molecule has 5 N–H and O–H groups in total. The molecule has 0 aromatic heterocycles. The fourth-order valence-corrected chi connectivity index (χ4v) is 4.04. The third-order valence-electron chi connectivity index (χ3n) is 5.75. The number of aliphatic hydroxyl groups is 4. The van der Waals surface area contributed by atoms with Crippen LogP contribution in [0.3, 0.4) is 0 Å². The van der Waals surface area contributed by atoms with Crippen LogP contribution in [0.25, 0.3) is 0 Å². The first-order valence-corrected chi connectivity index (χ1v) is 11.1. The third-order valence-corrected chi connectivity index (χ3v) is 5.75. The van der Waals surface area contributed by atoms with Gasteiger partial charge in [-0.3, -0.25) is 4.79 Å². The van der Waals surface area contributed by atoms with Gasteiger partial charge < -0.3 is 30.5 Å². The van der Waals surface area contributed by atoms with Gasteiger partial charge in [0, 0.05) is 6.92 Å². The van der Waals surface area contributed by atoms with E-state index in [4.69, 9.17) is 4.74 Å². The standard InChI is InChI=1S/C27H31NO6/c1-19(30)28-23(17-29)25(32)26(33)24(31)18-34-27(20-11-5-2-6-12-20,21-13-7-3-8-14-21)22-15-9-4-10-16-22/h2-16,23-26,29,31-33H,17-18H2,1H3,(H,28,30)/t23-,24?,25?,26-/m1/s1. The van der Waals surface area contributed by atoms with E-state index in [1.165, 1.54) is 6.92 Å². The second-order valence-electron chi connectivity index (χ2n) is 8.13. The van der Waals surface area contributed by atoms with Crippen LogP contribution in [0.4, 0.5) is 0 Å². The van der Waals surface area contributed by atoms with Crippen molar-refractivity contribution in [3.8, 4) is 0 Å². The van der Waals surface area contributed by atoms with Crippen LogP contribution in [-0.2, 0) is 15.1 Å². The summed E-state index contributed by atoms with van der Waals surface area (Å²) in [5.41, 5.74) is 1.35. The smallest absolute Gasteiger partial charge is 0.217 e. The van der Waals surface area contributed by atoms with E-state index in [1.54, 1.807) is 0 Å². The van der Waals surface area contributed by atoms with Crippen molar-refractivity contribution >= 4 is 5.91 Å². The minimum atomic E-state index is -1.68. The van der Waals surface area contributed by atoms with Crippen LogP contribution in [-0.4, -0.2) is 63.9 Å². The molecule has 3 rings (SSSR count). The lowest BCUT2D eigenvalue weighted by molar-refractivity contribution is -0.129. The summed E-state index contributed by atoms with van der Waals surface area (Å²) < 4.78 is 6.44. The summed E-state index contributed by atoms with van der Waals surface area (Å²) >= 11 is 0. The number of rotatable bonds is 11. The molecule has 4 atom stereocenters. The van der Waals surface area contributed by atoms with Crippen LogP contribution < -0.4 is 5.32 Å². The zero-order valence-electron chi connectivity index (χ0n) is 19.0. The SMILES string of the molecule is CC(=O)N[C@H](CO)C(O)[C@H](O)C(O)COC(c1ccccc1)(c1ccccc1)c1ccccc1. The van der Waals surface area contributed by atoms with E-state index in [1.807, 2.05) is 91.0 Å². The molecule has 0 spiro atoms. The molecule has 180 valence electrons. The molecule has 1 amide bonds. The van der Waals surface area contributed by atoms with Gasteiger partial charge in [0.25, 0.3) is 0 Å². The summed E-state index contributed by atoms with van der Waals surface area (Å²) in [7, 11) is 0. The highest BCUT2D eigenvalue weighted by molar-refractivity contribution is 5.73. The predicted molar refractivity (Wildman–Crippen MR) is 128 cm³/mol. The second-order valence-corrected chi connectivity index (χ2v) is 8.13. The Kier molecular flexibility index (Phi) is 8.92. The summed E-state index contributed by atoms with van der Waals surface area (Å²) in [5, 5.41) is 43.6. The predicted octanol–water partition coefficient (Wildman–Crippen LogP) is 1.57. The Labute approximate surface area is 199 Å². The number of carbonyl (C=O) groups is 1. The fraction of sp³-hybridized carbons (Fsp3) is 0.296. The number of hydrogen-bond donors (Lipinski definition) is 5. The molecule has 0 saturated heterocycles. The van der Waals surface area contributed by atoms with Gasteiger partial charge in [-0.05, 0) is 16.7 Å². The second kappa shape index (κ2) is 11.9. The number of benzene rings is 3. The van der Waals surface area contributed by atoms with E-state index in [2.05, 4.69) is 5.32 Å². The topological polar surface area (TPSA) is 119 Å². The van der Waals surface area contributed by atoms with Gasteiger partial charge in [0.2, 0.25) is 5.91 Å². The van der Waals surface area contributed by atoms with Crippen LogP contribution in [0, 0.1) is 0 Å². The van der Waals surface area contributed by atoms with Gasteiger partial charge >= 0.3 is 0 Å². The van der Waals surface area contributed by atoms with Crippen molar-refractivity contribution < 1.29 is 30.0 Å². The highest BCUT2D eigenvalue weighted by Gasteiger charge is 2.40. The Bertz CT molecular complexity index is 918. The zero-order valence-corrected chi connectivity index (χ0v) is 19.0. The first-order chi connectivity index (χ1) is 16.4. The minimum Gasteiger partial charge on any atom is -0.394 e. The van der Waals surface area contributed by atoms with Crippen molar-refractivity contribution in [3.63, 3.8) is 0 Å². The lowest BCUT2D eigenvalue weighted by Gasteiger charge is -2.37. The maximum atomic E-state index is 11.3. The summed E-state index contributed by atoms with van der Waals surface area (Å²) in [6.07, 6.45) is -4.79. The van der Waals surface area contributed by atoms with Crippen LogP contribution in [0.1, 0.15) is 23.6 Å². The minimum absolute atomic E-state index is 0.338. The van der Waals surface area contributed by atoms with Crippen LogP contribution >= 0.6 is 0 Å². The van der Waals surface area contributed by atoms with Crippen molar-refractivity contribution in [1.82, 2.24) is 5.32 Å². The van der Waals surface area contributed by atoms with Crippen LogP contribution in [0.5, 0.6) is 0 Å². The van der Waals surface area contributed by atoms with Gasteiger partial charge in [-0.25, -0.2) is 0 Å². The molecule has 0 fully saturated rings. The molecule has 0 heterocycles. The number of ether oxygens (including phenoxy) is 1. The molecule has 3 aromatic carbocycles. The molecule has 0 saturated carbocycles. The monoisotopic (exact) mass is 465 g/mol. The molecule has 0 aliphatic carbocycles. The molecule has 7 nitrogen and oxygen atoms in total. The van der Waals surface area contributed by atoms with Crippen molar-refractivity contribution in [3.05, 3.63) is 108 Å². The maximum absolute atomic E-state index is 11.3. The van der Waals surface area contributed by atoms with E-state index >= 15 is 0 Å². The molecule has 3 aromatic rings. The molecule has 0 aliphatic heterocycles. The van der Waals surface area contributed by atoms with Crippen LogP contribution in [0.15, 0.2) is 91.0 Å². The Morgan fingerprint density at radius 3 is 1.56 bits per heavy atom. The summed E-state index contributed by atoms with van der Waals surface area (Å²) in [6.45, 7) is 0.289. The fourth-order valence-electron chi connectivity index (χ4n) is 4.04. The number of amides is 1. The number of aliphatic hydroxyl groups excluding tert-OH is 4. The van der Waals surface area contributed by atoms with Crippen molar-refractivity contribution in [1.29, 1.82) is 0 Å².